The third-order valence-corrected chi connectivity index (χ3v) is 5.26. The molecular formula is C21H27N3O3. The Bertz CT molecular complexity index is 720. The van der Waals surface area contributed by atoms with E-state index in [1.54, 1.807) is 31.4 Å². The molecule has 1 unspecified atom stereocenters. The van der Waals surface area contributed by atoms with Crippen LogP contribution in [0.3, 0.4) is 0 Å². The van der Waals surface area contributed by atoms with Gasteiger partial charge in [0.05, 0.1) is 7.11 Å². The van der Waals surface area contributed by atoms with Gasteiger partial charge in [0.25, 0.3) is 0 Å². The van der Waals surface area contributed by atoms with Gasteiger partial charge in [0, 0.05) is 25.2 Å². The van der Waals surface area contributed by atoms with E-state index in [4.69, 9.17) is 14.7 Å². The fourth-order valence-corrected chi connectivity index (χ4v) is 3.85. The van der Waals surface area contributed by atoms with Crippen molar-refractivity contribution < 1.29 is 14.3 Å². The molecule has 0 aromatic heterocycles. The third-order valence-electron chi connectivity index (χ3n) is 5.26. The van der Waals surface area contributed by atoms with Crippen LogP contribution in [0.1, 0.15) is 31.2 Å². The number of hydrogen-bond donors (Lipinski definition) is 0. The number of nitrogens with zero attached hydrogens (tertiary/aromatic N) is 3. The molecule has 144 valence electrons. The number of benzene rings is 1. The summed E-state index contributed by atoms with van der Waals surface area (Å²) >= 11 is 0. The van der Waals surface area contributed by atoms with Crippen LogP contribution < -0.4 is 9.47 Å². The Morgan fingerprint density at radius 1 is 1.26 bits per heavy atom. The van der Waals surface area contributed by atoms with Gasteiger partial charge in [-0.3, -0.25) is 9.69 Å². The van der Waals surface area contributed by atoms with Gasteiger partial charge in [0.2, 0.25) is 5.91 Å². The summed E-state index contributed by atoms with van der Waals surface area (Å²) in [5, 5.41) is 8.63. The molecule has 0 spiro atoms. The standard InChI is InChI=1S/C21H27N3O3/c1-26-20-15-17(6-8-19(20)27-14-10-22)7-9-21(25)24-13-4-5-18(16-24)23-11-2-3-12-23/h6-9,15,18H,2-5,11-14,16H2,1H3. The second kappa shape index (κ2) is 9.43. The largest absolute Gasteiger partial charge is 0.493 e. The van der Waals surface area contributed by atoms with Crippen LogP contribution in [-0.4, -0.2) is 61.6 Å². The third kappa shape index (κ3) is 5.01. The number of carbonyl (C=O) groups excluding carboxylic acids is 1. The van der Waals surface area contributed by atoms with Crippen LogP contribution in [-0.2, 0) is 4.79 Å². The van der Waals surface area contributed by atoms with Gasteiger partial charge < -0.3 is 14.4 Å². The lowest BCUT2D eigenvalue weighted by Crippen LogP contribution is -2.48. The van der Waals surface area contributed by atoms with E-state index in [1.807, 2.05) is 17.0 Å². The van der Waals surface area contributed by atoms with Crippen molar-refractivity contribution in [1.82, 2.24) is 9.80 Å². The van der Waals surface area contributed by atoms with Gasteiger partial charge in [0.1, 0.15) is 6.07 Å². The first-order chi connectivity index (χ1) is 13.2. The maximum atomic E-state index is 12.6. The highest BCUT2D eigenvalue weighted by molar-refractivity contribution is 5.92. The van der Waals surface area contributed by atoms with Crippen LogP contribution in [0.4, 0.5) is 0 Å². The lowest BCUT2D eigenvalue weighted by molar-refractivity contribution is -0.127. The SMILES string of the molecule is COc1cc(C=CC(=O)N2CCCC(N3CCCC3)C2)ccc1OCC#N. The molecule has 1 aromatic rings. The van der Waals surface area contributed by atoms with Crippen molar-refractivity contribution in [1.29, 1.82) is 5.26 Å². The summed E-state index contributed by atoms with van der Waals surface area (Å²) in [6.45, 7) is 3.97. The molecule has 27 heavy (non-hydrogen) atoms. The molecule has 0 aliphatic carbocycles. The average Bonchev–Trinajstić information content (AvgIpc) is 3.25. The number of amides is 1. The Morgan fingerprint density at radius 3 is 2.81 bits per heavy atom. The maximum absolute atomic E-state index is 12.6. The minimum absolute atomic E-state index is 0.0306. The first kappa shape index (κ1) is 19.2. The van der Waals surface area contributed by atoms with E-state index in [2.05, 4.69) is 4.90 Å². The number of hydrogen-bond acceptors (Lipinski definition) is 5. The Balaban J connectivity index is 1.61. The number of piperidine rings is 1. The molecule has 0 bridgehead atoms. The number of methoxy groups -OCH3 is 1. The second-order valence-electron chi connectivity index (χ2n) is 7.01. The molecule has 0 N–H and O–H groups in total. The number of ether oxygens (including phenoxy) is 2. The summed E-state index contributed by atoms with van der Waals surface area (Å²) in [7, 11) is 1.56. The summed E-state index contributed by atoms with van der Waals surface area (Å²) < 4.78 is 10.6. The summed E-state index contributed by atoms with van der Waals surface area (Å²) in [5.74, 6) is 1.13. The molecule has 2 heterocycles. The van der Waals surface area contributed by atoms with E-state index in [0.717, 1.165) is 25.1 Å². The van der Waals surface area contributed by atoms with Gasteiger partial charge >= 0.3 is 0 Å². The number of nitriles is 1. The molecule has 2 aliphatic rings. The molecule has 6 nitrogen and oxygen atoms in total. The molecule has 2 fully saturated rings. The van der Waals surface area contributed by atoms with Gasteiger partial charge in [-0.15, -0.1) is 0 Å². The molecule has 0 saturated carbocycles. The van der Waals surface area contributed by atoms with E-state index in [1.165, 1.54) is 32.4 Å². The van der Waals surface area contributed by atoms with Crippen molar-refractivity contribution in [2.24, 2.45) is 0 Å². The minimum Gasteiger partial charge on any atom is -0.493 e. The van der Waals surface area contributed by atoms with E-state index in [-0.39, 0.29) is 12.5 Å². The Labute approximate surface area is 161 Å². The monoisotopic (exact) mass is 369 g/mol. The normalized spacial score (nSPS) is 20.6. The summed E-state index contributed by atoms with van der Waals surface area (Å²) in [4.78, 5) is 17.1. The first-order valence-electron chi connectivity index (χ1n) is 9.60. The smallest absolute Gasteiger partial charge is 0.246 e. The average molecular weight is 369 g/mol. The van der Waals surface area contributed by atoms with Gasteiger partial charge in [-0.2, -0.15) is 5.26 Å². The van der Waals surface area contributed by atoms with E-state index >= 15 is 0 Å². The van der Waals surface area contributed by atoms with Gasteiger partial charge in [-0.25, -0.2) is 0 Å². The van der Waals surface area contributed by atoms with E-state index in [9.17, 15) is 4.79 Å². The van der Waals surface area contributed by atoms with Gasteiger partial charge in [0.15, 0.2) is 18.1 Å². The molecule has 2 aliphatic heterocycles. The van der Waals surface area contributed by atoms with E-state index in [0.29, 0.717) is 17.5 Å². The molecule has 6 heteroatoms. The number of likely N-dealkylation sites (tertiary alicyclic amines) is 2. The first-order valence-corrected chi connectivity index (χ1v) is 9.60. The highest BCUT2D eigenvalue weighted by Gasteiger charge is 2.28. The fourth-order valence-electron chi connectivity index (χ4n) is 3.85. The van der Waals surface area contributed by atoms with Crippen LogP contribution in [0.5, 0.6) is 11.5 Å². The maximum Gasteiger partial charge on any atom is 0.246 e. The molecule has 1 atom stereocenters. The predicted octanol–water partition coefficient (Wildman–Crippen LogP) is 2.70. The Hall–Kier alpha value is -2.52. The lowest BCUT2D eigenvalue weighted by atomic mass is 10.0. The topological polar surface area (TPSA) is 65.8 Å². The molecule has 3 rings (SSSR count). The van der Waals surface area contributed by atoms with Crippen LogP contribution in [0, 0.1) is 11.3 Å². The summed E-state index contributed by atoms with van der Waals surface area (Å²) in [6, 6.07) is 7.86. The number of rotatable bonds is 6. The Kier molecular flexibility index (Phi) is 6.72. The van der Waals surface area contributed by atoms with Crippen LogP contribution in [0.2, 0.25) is 0 Å². The number of carbonyl (C=O) groups is 1. The highest BCUT2D eigenvalue weighted by Crippen LogP contribution is 2.28. The highest BCUT2D eigenvalue weighted by atomic mass is 16.5. The predicted molar refractivity (Wildman–Crippen MR) is 104 cm³/mol. The lowest BCUT2D eigenvalue weighted by Gasteiger charge is -2.37. The summed E-state index contributed by atoms with van der Waals surface area (Å²) in [6.07, 6.45) is 8.25. The second-order valence-corrected chi connectivity index (χ2v) is 7.01. The van der Waals surface area contributed by atoms with Gasteiger partial charge in [-0.05, 0) is 62.5 Å². The van der Waals surface area contributed by atoms with Gasteiger partial charge in [-0.1, -0.05) is 6.07 Å². The van der Waals surface area contributed by atoms with Crippen molar-refractivity contribution in [3.8, 4) is 17.6 Å². The van der Waals surface area contributed by atoms with Crippen molar-refractivity contribution >= 4 is 12.0 Å². The van der Waals surface area contributed by atoms with Crippen LogP contribution >= 0.6 is 0 Å². The van der Waals surface area contributed by atoms with Crippen molar-refractivity contribution in [3.05, 3.63) is 29.8 Å². The molecule has 1 amide bonds. The summed E-state index contributed by atoms with van der Waals surface area (Å²) in [5.41, 5.74) is 0.859. The zero-order valence-corrected chi connectivity index (χ0v) is 15.9. The van der Waals surface area contributed by atoms with E-state index < -0.39 is 0 Å². The minimum atomic E-state index is -0.0306. The Morgan fingerprint density at radius 2 is 2.07 bits per heavy atom. The quantitative estimate of drug-likeness (QED) is 0.722. The molecule has 1 aromatic carbocycles. The van der Waals surface area contributed by atoms with Crippen molar-refractivity contribution in [2.45, 2.75) is 31.7 Å². The molecule has 0 radical (unpaired) electrons. The molecule has 2 saturated heterocycles. The fraction of sp³-hybridized carbons (Fsp3) is 0.524. The van der Waals surface area contributed by atoms with Crippen LogP contribution in [0.25, 0.3) is 6.08 Å². The zero-order chi connectivity index (χ0) is 19.1. The zero-order valence-electron chi connectivity index (χ0n) is 15.9. The molecular weight excluding hydrogens is 342 g/mol. The van der Waals surface area contributed by atoms with Crippen LogP contribution in [0.15, 0.2) is 24.3 Å². The van der Waals surface area contributed by atoms with Crippen molar-refractivity contribution in [2.75, 3.05) is 39.9 Å². The van der Waals surface area contributed by atoms with Crippen molar-refractivity contribution in [3.63, 3.8) is 0 Å².